The van der Waals surface area contributed by atoms with Crippen molar-refractivity contribution in [1.82, 2.24) is 10.3 Å². The fourth-order valence-electron chi connectivity index (χ4n) is 1.89. The molecule has 8 heteroatoms. The van der Waals surface area contributed by atoms with E-state index in [0.717, 1.165) is 6.42 Å². The Morgan fingerprint density at radius 2 is 2.14 bits per heavy atom. The summed E-state index contributed by atoms with van der Waals surface area (Å²) in [6.45, 7) is 2.52. The van der Waals surface area contributed by atoms with Gasteiger partial charge in [0.2, 0.25) is 0 Å². The van der Waals surface area contributed by atoms with E-state index in [-0.39, 0.29) is 24.2 Å². The van der Waals surface area contributed by atoms with Gasteiger partial charge in [-0.15, -0.1) is 0 Å². The highest BCUT2D eigenvalue weighted by Gasteiger charge is 2.64. The maximum atomic E-state index is 12.9. The molecule has 116 valence electrons. The van der Waals surface area contributed by atoms with Gasteiger partial charge in [0.15, 0.2) is 0 Å². The van der Waals surface area contributed by atoms with Crippen LogP contribution in [0.4, 0.5) is 19.0 Å². The minimum atomic E-state index is -4.43. The topological polar surface area (TPSA) is 54.0 Å². The van der Waals surface area contributed by atoms with Gasteiger partial charge in [-0.3, -0.25) is 4.79 Å². The van der Waals surface area contributed by atoms with Gasteiger partial charge in [-0.1, -0.05) is 6.92 Å². The zero-order valence-electron chi connectivity index (χ0n) is 11.4. The van der Waals surface area contributed by atoms with Crippen LogP contribution in [0.2, 0.25) is 0 Å². The van der Waals surface area contributed by atoms with E-state index in [9.17, 15) is 18.0 Å². The van der Waals surface area contributed by atoms with Crippen molar-refractivity contribution in [3.05, 3.63) is 22.3 Å². The van der Waals surface area contributed by atoms with E-state index in [2.05, 4.69) is 31.5 Å². The molecular formula is C13H15BrF3N3O. The van der Waals surface area contributed by atoms with Gasteiger partial charge in [0.05, 0.1) is 5.56 Å². The van der Waals surface area contributed by atoms with Gasteiger partial charge in [-0.25, -0.2) is 4.98 Å². The number of nitrogens with zero attached hydrogens (tertiary/aromatic N) is 1. The summed E-state index contributed by atoms with van der Waals surface area (Å²) in [5.74, 6) is -0.479. The predicted octanol–water partition coefficient (Wildman–Crippen LogP) is 3.49. The largest absolute Gasteiger partial charge is 0.411 e. The SMILES string of the molecule is CCCNc1ncc(Br)cc1C(=O)NC1(C(F)(F)F)CC1. The number of carbonyl (C=O) groups is 1. The number of amides is 1. The highest BCUT2D eigenvalue weighted by atomic mass is 79.9. The molecule has 1 aromatic rings. The lowest BCUT2D eigenvalue weighted by molar-refractivity contribution is -0.163. The fraction of sp³-hybridized carbons (Fsp3) is 0.538. The van der Waals surface area contributed by atoms with Crippen molar-refractivity contribution >= 4 is 27.7 Å². The number of nitrogens with one attached hydrogen (secondary N) is 2. The molecule has 1 heterocycles. The average Bonchev–Trinajstić information content (AvgIpc) is 3.17. The van der Waals surface area contributed by atoms with Gasteiger partial charge in [-0.2, -0.15) is 13.2 Å². The number of anilines is 1. The van der Waals surface area contributed by atoms with E-state index in [0.29, 0.717) is 11.0 Å². The molecule has 0 aliphatic heterocycles. The van der Waals surface area contributed by atoms with Crippen LogP contribution in [0.5, 0.6) is 0 Å². The Labute approximate surface area is 128 Å². The minimum absolute atomic E-state index is 0.0820. The lowest BCUT2D eigenvalue weighted by Crippen LogP contribution is -2.48. The van der Waals surface area contributed by atoms with Crippen molar-refractivity contribution in [3.8, 4) is 0 Å². The molecule has 1 fully saturated rings. The van der Waals surface area contributed by atoms with E-state index in [1.54, 1.807) is 0 Å². The van der Waals surface area contributed by atoms with Gasteiger partial charge in [0, 0.05) is 17.2 Å². The highest BCUT2D eigenvalue weighted by molar-refractivity contribution is 9.10. The molecule has 1 aliphatic carbocycles. The van der Waals surface area contributed by atoms with Crippen molar-refractivity contribution in [1.29, 1.82) is 0 Å². The lowest BCUT2D eigenvalue weighted by Gasteiger charge is -2.21. The molecule has 0 unspecified atom stereocenters. The molecule has 0 bridgehead atoms. The predicted molar refractivity (Wildman–Crippen MR) is 76.2 cm³/mol. The van der Waals surface area contributed by atoms with Crippen molar-refractivity contribution in [3.63, 3.8) is 0 Å². The number of aromatic nitrogens is 1. The Balaban J connectivity index is 2.21. The van der Waals surface area contributed by atoms with Crippen LogP contribution in [0.1, 0.15) is 36.5 Å². The van der Waals surface area contributed by atoms with E-state index in [1.165, 1.54) is 12.3 Å². The Bertz CT molecular complexity index is 544. The quantitative estimate of drug-likeness (QED) is 0.839. The van der Waals surface area contributed by atoms with Crippen molar-refractivity contribution < 1.29 is 18.0 Å². The first kappa shape index (κ1) is 16.1. The number of pyridine rings is 1. The normalized spacial score (nSPS) is 16.4. The molecule has 0 radical (unpaired) electrons. The van der Waals surface area contributed by atoms with Crippen molar-refractivity contribution in [2.45, 2.75) is 37.9 Å². The van der Waals surface area contributed by atoms with E-state index in [4.69, 9.17) is 0 Å². The number of alkyl halides is 3. The molecule has 4 nitrogen and oxygen atoms in total. The van der Waals surface area contributed by atoms with Crippen LogP contribution in [0.15, 0.2) is 16.7 Å². The third-order valence-electron chi connectivity index (χ3n) is 3.29. The third kappa shape index (κ3) is 3.48. The summed E-state index contributed by atoms with van der Waals surface area (Å²) in [5.41, 5.74) is -1.97. The zero-order valence-corrected chi connectivity index (χ0v) is 12.9. The molecule has 2 N–H and O–H groups in total. The second-order valence-corrected chi connectivity index (χ2v) is 5.93. The Hall–Kier alpha value is -1.31. The Morgan fingerprint density at radius 1 is 1.48 bits per heavy atom. The Kier molecular flexibility index (Phi) is 4.46. The maximum Gasteiger partial charge on any atom is 0.411 e. The van der Waals surface area contributed by atoms with Crippen LogP contribution in [0.3, 0.4) is 0 Å². The van der Waals surface area contributed by atoms with Crippen LogP contribution < -0.4 is 10.6 Å². The van der Waals surface area contributed by atoms with Crippen molar-refractivity contribution in [2.75, 3.05) is 11.9 Å². The molecule has 1 aromatic heterocycles. The maximum absolute atomic E-state index is 12.9. The number of hydrogen-bond acceptors (Lipinski definition) is 3. The van der Waals surface area contributed by atoms with Crippen LogP contribution in [0.25, 0.3) is 0 Å². The van der Waals surface area contributed by atoms with Crippen LogP contribution in [-0.4, -0.2) is 29.2 Å². The van der Waals surface area contributed by atoms with Gasteiger partial charge in [0.25, 0.3) is 5.91 Å². The van der Waals surface area contributed by atoms with Crippen LogP contribution in [-0.2, 0) is 0 Å². The second-order valence-electron chi connectivity index (χ2n) is 5.01. The minimum Gasteiger partial charge on any atom is -0.369 e. The fourth-order valence-corrected chi connectivity index (χ4v) is 2.22. The van der Waals surface area contributed by atoms with E-state index < -0.39 is 17.6 Å². The van der Waals surface area contributed by atoms with E-state index >= 15 is 0 Å². The van der Waals surface area contributed by atoms with Gasteiger partial charge in [-0.05, 0) is 41.3 Å². The summed E-state index contributed by atoms with van der Waals surface area (Å²) in [4.78, 5) is 16.2. The number of rotatable bonds is 5. The first-order valence-corrected chi connectivity index (χ1v) is 7.37. The number of halogens is 4. The summed E-state index contributed by atoms with van der Waals surface area (Å²) in [7, 11) is 0. The lowest BCUT2D eigenvalue weighted by atomic mass is 10.2. The molecule has 1 aliphatic rings. The molecule has 21 heavy (non-hydrogen) atoms. The van der Waals surface area contributed by atoms with Gasteiger partial charge >= 0.3 is 6.18 Å². The van der Waals surface area contributed by atoms with Crippen LogP contribution >= 0.6 is 15.9 Å². The number of carbonyl (C=O) groups excluding carboxylic acids is 1. The Morgan fingerprint density at radius 3 is 2.67 bits per heavy atom. The van der Waals surface area contributed by atoms with Gasteiger partial charge in [0.1, 0.15) is 11.4 Å². The molecule has 2 rings (SSSR count). The average molecular weight is 366 g/mol. The third-order valence-corrected chi connectivity index (χ3v) is 3.72. The number of hydrogen-bond donors (Lipinski definition) is 2. The molecule has 1 amide bonds. The summed E-state index contributed by atoms with van der Waals surface area (Å²) in [6.07, 6.45) is -2.29. The monoisotopic (exact) mass is 365 g/mol. The molecule has 0 saturated heterocycles. The smallest absolute Gasteiger partial charge is 0.369 e. The second kappa shape index (κ2) is 5.82. The standard InChI is InChI=1S/C13H15BrF3N3O/c1-2-5-18-10-9(6-8(14)7-19-10)11(21)20-12(3-4-12)13(15,16)17/h6-7H,2-5H2,1H3,(H,18,19)(H,20,21). The zero-order chi connectivity index (χ0) is 15.7. The summed E-state index contributed by atoms with van der Waals surface area (Å²) in [6, 6.07) is 1.47. The van der Waals surface area contributed by atoms with E-state index in [1.807, 2.05) is 6.92 Å². The first-order chi connectivity index (χ1) is 9.79. The summed E-state index contributed by atoms with van der Waals surface area (Å²) >= 11 is 3.18. The first-order valence-electron chi connectivity index (χ1n) is 6.58. The molecule has 0 aromatic carbocycles. The van der Waals surface area contributed by atoms with Crippen LogP contribution in [0, 0.1) is 0 Å². The van der Waals surface area contributed by atoms with Gasteiger partial charge < -0.3 is 10.6 Å². The molecule has 0 spiro atoms. The molecule has 1 saturated carbocycles. The summed E-state index contributed by atoms with van der Waals surface area (Å²) < 4.78 is 39.2. The highest BCUT2D eigenvalue weighted by Crippen LogP contribution is 2.49. The summed E-state index contributed by atoms with van der Waals surface area (Å²) in [5, 5.41) is 5.04. The van der Waals surface area contributed by atoms with Crippen molar-refractivity contribution in [2.24, 2.45) is 0 Å². The molecular weight excluding hydrogens is 351 g/mol. The molecule has 0 atom stereocenters.